The van der Waals surface area contributed by atoms with Crippen LogP contribution in [0.25, 0.3) is 5.82 Å². The van der Waals surface area contributed by atoms with Crippen LogP contribution in [0.4, 0.5) is 5.82 Å². The normalized spacial score (nSPS) is 15.6. The van der Waals surface area contributed by atoms with Gasteiger partial charge in [0.1, 0.15) is 5.69 Å². The first-order valence-corrected chi connectivity index (χ1v) is 9.73. The summed E-state index contributed by atoms with van der Waals surface area (Å²) < 4.78 is 11.2. The average molecular weight is 417 g/mol. The third kappa shape index (κ3) is 4.16. The first-order chi connectivity index (χ1) is 14.1. The number of carbonyl (C=O) groups excluding carboxylic acids is 1. The lowest BCUT2D eigenvalue weighted by Gasteiger charge is -2.25. The molecule has 0 atom stereocenters. The highest BCUT2D eigenvalue weighted by Gasteiger charge is 2.26. The molecule has 13 heteroatoms. The van der Waals surface area contributed by atoms with E-state index in [-0.39, 0.29) is 17.3 Å². The number of ether oxygens (including phenoxy) is 1. The van der Waals surface area contributed by atoms with Crippen LogP contribution in [0.3, 0.4) is 0 Å². The molecule has 152 valence electrons. The Morgan fingerprint density at radius 3 is 2.90 bits per heavy atom. The van der Waals surface area contributed by atoms with Crippen molar-refractivity contribution in [1.29, 1.82) is 0 Å². The molecular weight excluding hydrogens is 398 g/mol. The third-order valence-corrected chi connectivity index (χ3v) is 5.31. The maximum Gasteiger partial charge on any atom is 0.292 e. The molecule has 12 nitrogen and oxygen atoms in total. The largest absolute Gasteiger partial charge is 0.379 e. The maximum absolute atomic E-state index is 13.0. The highest BCUT2D eigenvalue weighted by atomic mass is 32.1. The van der Waals surface area contributed by atoms with Crippen LogP contribution in [0.2, 0.25) is 0 Å². The predicted molar refractivity (Wildman–Crippen MR) is 104 cm³/mol. The Bertz CT molecular complexity index is 1000. The van der Waals surface area contributed by atoms with Gasteiger partial charge in [0.15, 0.2) is 5.69 Å². The Balaban J connectivity index is 1.63. The Morgan fingerprint density at radius 1 is 1.38 bits per heavy atom. The van der Waals surface area contributed by atoms with Crippen LogP contribution < -0.4 is 11.2 Å². The molecule has 0 radical (unpaired) electrons. The fourth-order valence-electron chi connectivity index (χ4n) is 2.83. The fraction of sp³-hybridized carbons (Fsp3) is 0.375. The number of hydrogen-bond acceptors (Lipinski definition) is 11. The average Bonchev–Trinajstić information content (AvgIpc) is 3.47. The summed E-state index contributed by atoms with van der Waals surface area (Å²) in [7, 11) is 0. The topological polar surface area (TPSA) is 150 Å². The van der Waals surface area contributed by atoms with Gasteiger partial charge in [0.2, 0.25) is 11.6 Å². The fourth-order valence-corrected chi connectivity index (χ4v) is 3.51. The van der Waals surface area contributed by atoms with Crippen molar-refractivity contribution in [3.05, 3.63) is 33.8 Å². The van der Waals surface area contributed by atoms with Crippen molar-refractivity contribution in [3.63, 3.8) is 0 Å². The Kier molecular flexibility index (Phi) is 5.59. The van der Waals surface area contributed by atoms with Gasteiger partial charge >= 0.3 is 0 Å². The van der Waals surface area contributed by atoms with Gasteiger partial charge in [0, 0.05) is 24.5 Å². The molecular formula is C16H19N9O3S. The molecule has 0 aromatic carbocycles. The summed E-state index contributed by atoms with van der Waals surface area (Å²) in [5.41, 5.74) is 9.67. The lowest BCUT2D eigenvalue weighted by Crippen LogP contribution is -2.36. The number of rotatable bonds is 6. The van der Waals surface area contributed by atoms with E-state index in [4.69, 9.17) is 10.5 Å². The van der Waals surface area contributed by atoms with Crippen LogP contribution in [0, 0.1) is 0 Å². The summed E-state index contributed by atoms with van der Waals surface area (Å²) in [5.74, 6) is -0.397. The lowest BCUT2D eigenvalue weighted by molar-refractivity contribution is 0.0335. The van der Waals surface area contributed by atoms with Crippen LogP contribution in [0.15, 0.2) is 27.2 Å². The number of nitrogens with one attached hydrogen (secondary N) is 1. The van der Waals surface area contributed by atoms with Crippen LogP contribution >= 0.6 is 11.3 Å². The van der Waals surface area contributed by atoms with Gasteiger partial charge in [-0.05, 0) is 28.7 Å². The number of nitrogens with zero attached hydrogens (tertiary/aromatic N) is 7. The summed E-state index contributed by atoms with van der Waals surface area (Å²) in [4.78, 5) is 16.1. The molecule has 1 saturated heterocycles. The Labute approximate surface area is 169 Å². The van der Waals surface area contributed by atoms with Gasteiger partial charge in [-0.3, -0.25) is 9.69 Å². The van der Waals surface area contributed by atoms with E-state index in [1.54, 1.807) is 0 Å². The molecule has 4 heterocycles. The Morgan fingerprint density at radius 2 is 2.21 bits per heavy atom. The maximum atomic E-state index is 13.0. The van der Waals surface area contributed by atoms with Crippen molar-refractivity contribution in [2.24, 2.45) is 5.10 Å². The molecule has 0 saturated carbocycles. The molecule has 1 aliphatic heterocycles. The molecule has 4 rings (SSSR count). The SMILES string of the molecule is C/C(=N\NC(=O)c1c(CN2CCOCC2)nnn1-c1nonc1N)c1cccs1. The molecule has 0 aliphatic carbocycles. The van der Waals surface area contributed by atoms with E-state index in [0.717, 1.165) is 18.0 Å². The highest BCUT2D eigenvalue weighted by Crippen LogP contribution is 2.18. The van der Waals surface area contributed by atoms with Gasteiger partial charge in [-0.25, -0.2) is 10.1 Å². The molecule has 1 aliphatic rings. The standard InChI is InChI=1S/C16H19N9O3S/c1-10(12-3-2-8-29-12)18-20-16(26)13-11(9-24-4-6-27-7-5-24)19-23-25(13)15-14(17)21-28-22-15/h2-3,8H,4-7,9H2,1H3,(H2,17,21)(H,20,26)/b18-10+. The highest BCUT2D eigenvalue weighted by molar-refractivity contribution is 7.12. The number of thiophene rings is 1. The molecule has 3 aromatic rings. The number of amides is 1. The number of carbonyl (C=O) groups is 1. The summed E-state index contributed by atoms with van der Waals surface area (Å²) >= 11 is 1.53. The van der Waals surface area contributed by atoms with Gasteiger partial charge in [0.05, 0.1) is 18.9 Å². The second kappa shape index (κ2) is 8.46. The van der Waals surface area contributed by atoms with Crippen LogP contribution in [0.5, 0.6) is 0 Å². The van der Waals surface area contributed by atoms with Crippen LogP contribution in [-0.2, 0) is 11.3 Å². The van der Waals surface area contributed by atoms with Gasteiger partial charge in [-0.15, -0.1) is 16.4 Å². The number of hydrogen-bond donors (Lipinski definition) is 2. The smallest absolute Gasteiger partial charge is 0.292 e. The summed E-state index contributed by atoms with van der Waals surface area (Å²) in [6.07, 6.45) is 0. The van der Waals surface area contributed by atoms with Crippen molar-refractivity contribution in [2.45, 2.75) is 13.5 Å². The van der Waals surface area contributed by atoms with E-state index >= 15 is 0 Å². The van der Waals surface area contributed by atoms with E-state index in [1.807, 2.05) is 24.4 Å². The van der Waals surface area contributed by atoms with E-state index < -0.39 is 5.91 Å². The molecule has 3 N–H and O–H groups in total. The minimum absolute atomic E-state index is 0.000130. The second-order valence-electron chi connectivity index (χ2n) is 6.27. The first kappa shape index (κ1) is 19.2. The van der Waals surface area contributed by atoms with Crippen LogP contribution in [-0.4, -0.2) is 68.1 Å². The van der Waals surface area contributed by atoms with Crippen molar-refractivity contribution >= 4 is 28.8 Å². The van der Waals surface area contributed by atoms with Gasteiger partial charge < -0.3 is 10.5 Å². The van der Waals surface area contributed by atoms with Gasteiger partial charge in [-0.2, -0.15) is 9.78 Å². The number of nitrogen functional groups attached to an aromatic ring is 1. The molecule has 3 aromatic heterocycles. The molecule has 0 spiro atoms. The third-order valence-electron chi connectivity index (χ3n) is 4.33. The monoisotopic (exact) mass is 417 g/mol. The van der Waals surface area contributed by atoms with Crippen molar-refractivity contribution in [2.75, 3.05) is 32.0 Å². The van der Waals surface area contributed by atoms with Crippen molar-refractivity contribution in [3.8, 4) is 5.82 Å². The number of nitrogens with two attached hydrogens (primary N) is 1. The first-order valence-electron chi connectivity index (χ1n) is 8.85. The minimum atomic E-state index is -0.489. The Hall–Kier alpha value is -3.16. The quantitative estimate of drug-likeness (QED) is 0.426. The number of morpholine rings is 1. The van der Waals surface area contributed by atoms with E-state index in [0.29, 0.717) is 31.2 Å². The molecule has 0 bridgehead atoms. The van der Waals surface area contributed by atoms with Gasteiger partial charge in [-0.1, -0.05) is 11.3 Å². The lowest BCUT2D eigenvalue weighted by atomic mass is 10.2. The number of aromatic nitrogens is 5. The number of anilines is 1. The van der Waals surface area contributed by atoms with E-state index in [2.05, 4.69) is 40.7 Å². The second-order valence-corrected chi connectivity index (χ2v) is 7.22. The van der Waals surface area contributed by atoms with Gasteiger partial charge in [0.25, 0.3) is 5.91 Å². The number of hydrazone groups is 1. The molecule has 0 unspecified atom stereocenters. The zero-order chi connectivity index (χ0) is 20.2. The predicted octanol–water partition coefficient (Wildman–Crippen LogP) is 0.280. The van der Waals surface area contributed by atoms with Crippen molar-refractivity contribution in [1.82, 2.24) is 35.6 Å². The molecule has 1 amide bonds. The van der Waals surface area contributed by atoms with E-state index in [1.165, 1.54) is 16.0 Å². The molecule has 29 heavy (non-hydrogen) atoms. The van der Waals surface area contributed by atoms with E-state index in [9.17, 15) is 4.79 Å². The zero-order valence-corrected chi connectivity index (χ0v) is 16.4. The van der Waals surface area contributed by atoms with Crippen molar-refractivity contribution < 1.29 is 14.2 Å². The zero-order valence-electron chi connectivity index (χ0n) is 15.6. The van der Waals surface area contributed by atoms with Crippen LogP contribution in [0.1, 0.15) is 28.0 Å². The molecule has 1 fully saturated rings. The summed E-state index contributed by atoms with van der Waals surface area (Å²) in [5, 5.41) is 21.6. The summed E-state index contributed by atoms with van der Waals surface area (Å²) in [6, 6.07) is 3.84. The summed E-state index contributed by atoms with van der Waals surface area (Å²) in [6.45, 7) is 4.95. The minimum Gasteiger partial charge on any atom is -0.379 e.